The van der Waals surface area contributed by atoms with Crippen LogP contribution in [0.25, 0.3) is 0 Å². The summed E-state index contributed by atoms with van der Waals surface area (Å²) in [4.78, 5) is 23.3. The first-order valence-corrected chi connectivity index (χ1v) is 6.90. The maximum atomic E-state index is 12.0. The zero-order valence-electron chi connectivity index (χ0n) is 11.6. The average Bonchev–Trinajstić information content (AvgIpc) is 2.76. The van der Waals surface area contributed by atoms with Crippen molar-refractivity contribution in [3.05, 3.63) is 41.1 Å². The Kier molecular flexibility index (Phi) is 3.12. The first-order chi connectivity index (χ1) is 9.61. The van der Waals surface area contributed by atoms with Gasteiger partial charge < -0.3 is 0 Å². The predicted molar refractivity (Wildman–Crippen MR) is 72.3 cm³/mol. The van der Waals surface area contributed by atoms with Gasteiger partial charge in [-0.3, -0.25) is 14.9 Å². The van der Waals surface area contributed by atoms with Crippen LogP contribution in [0.1, 0.15) is 26.2 Å². The summed E-state index contributed by atoms with van der Waals surface area (Å²) in [5.41, 5.74) is 3.01. The average molecular weight is 271 g/mol. The van der Waals surface area contributed by atoms with Crippen molar-refractivity contribution in [1.29, 1.82) is 0 Å². The third-order valence-corrected chi connectivity index (χ3v) is 3.93. The van der Waals surface area contributed by atoms with Crippen molar-refractivity contribution in [2.75, 3.05) is 7.05 Å². The van der Waals surface area contributed by atoms with Gasteiger partial charge in [-0.25, -0.2) is 0 Å². The summed E-state index contributed by atoms with van der Waals surface area (Å²) < 4.78 is 1.84. The van der Waals surface area contributed by atoms with Gasteiger partial charge in [-0.05, 0) is 24.0 Å². The van der Waals surface area contributed by atoms with Crippen LogP contribution >= 0.6 is 0 Å². The number of hydrogen-bond donors (Lipinski definition) is 1. The van der Waals surface area contributed by atoms with Crippen molar-refractivity contribution in [3.63, 3.8) is 0 Å². The van der Waals surface area contributed by atoms with E-state index < -0.39 is 0 Å². The summed E-state index contributed by atoms with van der Waals surface area (Å²) in [6.45, 7) is 2.10. The Labute approximate surface area is 117 Å². The van der Waals surface area contributed by atoms with Gasteiger partial charge in [-0.15, -0.1) is 4.70 Å². The Hall–Kier alpha value is -2.04. The number of azo groups is 2. The number of carbonyl (C=O) groups is 2. The van der Waals surface area contributed by atoms with Crippen LogP contribution in [0.15, 0.2) is 40.2 Å². The van der Waals surface area contributed by atoms with Gasteiger partial charge in [0.05, 0.1) is 11.5 Å². The van der Waals surface area contributed by atoms with Crippen LogP contribution in [-0.2, 0) is 9.59 Å². The molecule has 0 aromatic carbocycles. The number of piperidine rings is 1. The lowest BCUT2D eigenvalue weighted by Crippen LogP contribution is -2.41. The molecule has 1 N–H and O–H groups in total. The highest BCUT2D eigenvalue weighted by Crippen LogP contribution is 2.41. The minimum atomic E-state index is -0.330. The fraction of sp³-hybridized carbons (Fsp3) is 0.400. The molecular weight excluding hydrogens is 254 g/mol. The summed E-state index contributed by atoms with van der Waals surface area (Å²) in [5.74, 6) is -0.757. The normalized spacial score (nSPS) is 26.4. The first-order valence-electron chi connectivity index (χ1n) is 6.90. The van der Waals surface area contributed by atoms with E-state index in [-0.39, 0.29) is 17.7 Å². The third kappa shape index (κ3) is 1.94. The second-order valence-electron chi connectivity index (χ2n) is 5.18. The lowest BCUT2D eigenvalue weighted by Gasteiger charge is -2.19. The molecule has 2 heterocycles. The zero-order chi connectivity index (χ0) is 14.3. The van der Waals surface area contributed by atoms with Gasteiger partial charge in [0.25, 0.3) is 0 Å². The SMILES string of the molecule is CCC1=CC=CC2=C(C3CCC(=O)NC3=O)N=[N+](C)[C]12. The molecule has 1 radical (unpaired) electrons. The molecule has 0 saturated carbocycles. The minimum Gasteiger partial charge on any atom is -0.296 e. The summed E-state index contributed by atoms with van der Waals surface area (Å²) in [7, 11) is 1.90. The minimum absolute atomic E-state index is 0.194. The molecule has 0 aromatic rings. The number of hydrogen-bond acceptors (Lipinski definition) is 3. The highest BCUT2D eigenvalue weighted by molar-refractivity contribution is 6.00. The lowest BCUT2D eigenvalue weighted by atomic mass is 9.86. The molecule has 103 valence electrons. The predicted octanol–water partition coefficient (Wildman–Crippen LogP) is 1.84. The molecule has 1 unspecified atom stereocenters. The fourth-order valence-electron chi connectivity index (χ4n) is 2.94. The maximum Gasteiger partial charge on any atom is 0.310 e. The number of fused-ring (bicyclic) bond motifs is 1. The van der Waals surface area contributed by atoms with Crippen molar-refractivity contribution >= 4 is 11.8 Å². The molecule has 1 fully saturated rings. The van der Waals surface area contributed by atoms with Gasteiger partial charge in [-0.2, -0.15) is 0 Å². The third-order valence-electron chi connectivity index (χ3n) is 3.93. The molecule has 0 bridgehead atoms. The first kappa shape index (κ1) is 13.0. The molecule has 3 rings (SSSR count). The van der Waals surface area contributed by atoms with Crippen molar-refractivity contribution in [1.82, 2.24) is 5.32 Å². The number of likely N-dealkylation sites (N-methyl/N-ethyl adjacent to an activating group) is 1. The van der Waals surface area contributed by atoms with Gasteiger partial charge in [0.2, 0.25) is 11.8 Å². The number of nitrogens with one attached hydrogen (secondary N) is 1. The fourth-order valence-corrected chi connectivity index (χ4v) is 2.94. The molecule has 2 aliphatic heterocycles. The molecular formula is C15H17N3O2+. The second-order valence-corrected chi connectivity index (χ2v) is 5.18. The highest BCUT2D eigenvalue weighted by atomic mass is 16.2. The molecule has 5 nitrogen and oxygen atoms in total. The van der Waals surface area contributed by atoms with Gasteiger partial charge in [0.15, 0.2) is 7.05 Å². The molecule has 3 aliphatic rings. The Balaban J connectivity index is 1.98. The van der Waals surface area contributed by atoms with Gasteiger partial charge in [-0.1, -0.05) is 19.1 Å². The maximum absolute atomic E-state index is 12.0. The monoisotopic (exact) mass is 271 g/mol. The van der Waals surface area contributed by atoms with E-state index >= 15 is 0 Å². The van der Waals surface area contributed by atoms with Crippen molar-refractivity contribution in [3.8, 4) is 0 Å². The molecule has 20 heavy (non-hydrogen) atoms. The van der Waals surface area contributed by atoms with E-state index in [2.05, 4.69) is 23.4 Å². The molecule has 0 aromatic heterocycles. The Morgan fingerprint density at radius 1 is 1.45 bits per heavy atom. The van der Waals surface area contributed by atoms with E-state index in [1.807, 2.05) is 23.9 Å². The van der Waals surface area contributed by atoms with Crippen LogP contribution in [0, 0.1) is 12.0 Å². The number of nitrogens with zero attached hydrogens (tertiary/aromatic N) is 2. The number of carbonyl (C=O) groups excluding carboxylic acids is 2. The van der Waals surface area contributed by atoms with Crippen LogP contribution in [-0.4, -0.2) is 23.6 Å². The second kappa shape index (κ2) is 4.81. The number of amides is 2. The van der Waals surface area contributed by atoms with Crippen LogP contribution in [0.5, 0.6) is 0 Å². The number of rotatable bonds is 2. The molecule has 1 saturated heterocycles. The van der Waals surface area contributed by atoms with Crippen molar-refractivity contribution < 1.29 is 14.3 Å². The number of allylic oxidation sites excluding steroid dienone is 2. The highest BCUT2D eigenvalue weighted by Gasteiger charge is 2.44. The molecule has 0 spiro atoms. The van der Waals surface area contributed by atoms with E-state index in [4.69, 9.17) is 0 Å². The topological polar surface area (TPSA) is 61.5 Å². The van der Waals surface area contributed by atoms with Crippen LogP contribution in [0.3, 0.4) is 0 Å². The Morgan fingerprint density at radius 2 is 2.25 bits per heavy atom. The summed E-state index contributed by atoms with van der Waals surface area (Å²) in [5, 5.41) is 6.95. The molecule has 1 atom stereocenters. The van der Waals surface area contributed by atoms with Crippen LogP contribution in [0.4, 0.5) is 0 Å². The number of imide groups is 1. The van der Waals surface area contributed by atoms with Crippen molar-refractivity contribution in [2.45, 2.75) is 26.2 Å². The quantitative estimate of drug-likeness (QED) is 0.615. The zero-order valence-corrected chi connectivity index (χ0v) is 11.6. The van der Waals surface area contributed by atoms with Crippen molar-refractivity contribution in [2.24, 2.45) is 11.0 Å². The Morgan fingerprint density at radius 3 is 2.95 bits per heavy atom. The summed E-state index contributed by atoms with van der Waals surface area (Å²) in [6, 6.07) is 1.08. The largest absolute Gasteiger partial charge is 0.310 e. The van der Waals surface area contributed by atoms with E-state index in [0.29, 0.717) is 12.8 Å². The van der Waals surface area contributed by atoms with E-state index in [1.54, 1.807) is 0 Å². The van der Waals surface area contributed by atoms with E-state index in [0.717, 1.165) is 23.7 Å². The van der Waals surface area contributed by atoms with Crippen LogP contribution < -0.4 is 5.32 Å². The van der Waals surface area contributed by atoms with Gasteiger partial charge >= 0.3 is 6.04 Å². The standard InChI is InChI=1S/C15H17N3O2/c1-3-9-5-4-6-10-13(17-18(2)14(9)10)11-7-8-12(19)16-15(11)20/h4-6,11H,3,7-8H2,1-2H3,(H,16,19,20)/q+1. The molecule has 1 aliphatic carbocycles. The van der Waals surface area contributed by atoms with E-state index in [1.165, 1.54) is 5.57 Å². The molecule has 2 amide bonds. The lowest BCUT2D eigenvalue weighted by molar-refractivity contribution is -0.532. The summed E-state index contributed by atoms with van der Waals surface area (Å²) >= 11 is 0. The smallest absolute Gasteiger partial charge is 0.296 e. The van der Waals surface area contributed by atoms with Gasteiger partial charge in [0, 0.05) is 12.0 Å². The van der Waals surface area contributed by atoms with Gasteiger partial charge in [0.1, 0.15) is 5.70 Å². The van der Waals surface area contributed by atoms with E-state index in [9.17, 15) is 9.59 Å². The summed E-state index contributed by atoms with van der Waals surface area (Å²) in [6.07, 6.45) is 7.91. The Bertz CT molecular complexity index is 611. The van der Waals surface area contributed by atoms with Crippen LogP contribution in [0.2, 0.25) is 0 Å². The molecule has 5 heteroatoms.